The van der Waals surface area contributed by atoms with E-state index in [2.05, 4.69) is 18.9 Å². The highest BCUT2D eigenvalue weighted by Gasteiger charge is 2.30. The van der Waals surface area contributed by atoms with E-state index < -0.39 is 7.12 Å². The Bertz CT molecular complexity index is 323. The highest BCUT2D eigenvalue weighted by Crippen LogP contribution is 2.20. The minimum atomic E-state index is -0.906. The quantitative estimate of drug-likeness (QED) is 0.738. The SMILES string of the molecule is CC(C)C(C)(C)OB(O)c1cnn(C)c1. The topological polar surface area (TPSA) is 47.3 Å². The third-order valence-corrected chi connectivity index (χ3v) is 2.82. The number of hydrogen-bond donors (Lipinski definition) is 1. The van der Waals surface area contributed by atoms with E-state index >= 15 is 0 Å². The van der Waals surface area contributed by atoms with Crippen molar-refractivity contribution in [3.05, 3.63) is 12.4 Å². The van der Waals surface area contributed by atoms with Gasteiger partial charge in [-0.15, -0.1) is 0 Å². The van der Waals surface area contributed by atoms with Crippen LogP contribution in [0, 0.1) is 5.92 Å². The van der Waals surface area contributed by atoms with Gasteiger partial charge in [0.1, 0.15) is 0 Å². The fourth-order valence-corrected chi connectivity index (χ4v) is 1.06. The van der Waals surface area contributed by atoms with Gasteiger partial charge in [0, 0.05) is 24.9 Å². The standard InChI is InChI=1S/C10H19BN2O2/c1-8(2)10(3,4)15-11(14)9-6-12-13(5)7-9/h6-8,14H,1-5H3. The maximum Gasteiger partial charge on any atom is 0.494 e. The second kappa shape index (κ2) is 4.37. The zero-order chi connectivity index (χ0) is 11.6. The van der Waals surface area contributed by atoms with E-state index in [1.54, 1.807) is 17.1 Å². The predicted molar refractivity (Wildman–Crippen MR) is 60.8 cm³/mol. The van der Waals surface area contributed by atoms with Gasteiger partial charge in [-0.05, 0) is 19.8 Å². The second-order valence-electron chi connectivity index (χ2n) is 4.68. The largest absolute Gasteiger partial charge is 0.494 e. The minimum Gasteiger partial charge on any atom is -0.423 e. The van der Waals surface area contributed by atoms with Crippen LogP contribution in [0.5, 0.6) is 0 Å². The van der Waals surface area contributed by atoms with Crippen LogP contribution in [0.3, 0.4) is 0 Å². The summed E-state index contributed by atoms with van der Waals surface area (Å²) in [5.74, 6) is 0.337. The molecule has 5 heteroatoms. The molecule has 0 fully saturated rings. The number of aromatic nitrogens is 2. The van der Waals surface area contributed by atoms with Crippen LogP contribution < -0.4 is 5.46 Å². The van der Waals surface area contributed by atoms with Crippen LogP contribution in [0.2, 0.25) is 0 Å². The van der Waals surface area contributed by atoms with Crippen LogP contribution in [0.15, 0.2) is 12.4 Å². The maximum atomic E-state index is 9.84. The van der Waals surface area contributed by atoms with Gasteiger partial charge in [0.15, 0.2) is 0 Å². The molecule has 1 N–H and O–H groups in total. The normalized spacial score (nSPS) is 12.2. The molecule has 0 atom stereocenters. The van der Waals surface area contributed by atoms with E-state index in [-0.39, 0.29) is 5.60 Å². The van der Waals surface area contributed by atoms with Gasteiger partial charge in [-0.2, -0.15) is 5.10 Å². The molecule has 4 nitrogen and oxygen atoms in total. The summed E-state index contributed by atoms with van der Waals surface area (Å²) in [5.41, 5.74) is 0.334. The molecular formula is C10H19BN2O2. The highest BCUT2D eigenvalue weighted by atomic mass is 16.5. The zero-order valence-corrected chi connectivity index (χ0v) is 10.1. The van der Waals surface area contributed by atoms with E-state index in [0.717, 1.165) is 0 Å². The first-order valence-electron chi connectivity index (χ1n) is 5.17. The van der Waals surface area contributed by atoms with E-state index in [4.69, 9.17) is 4.65 Å². The molecule has 1 aromatic heterocycles. The average molecular weight is 210 g/mol. The molecule has 0 aliphatic heterocycles. The number of aryl methyl sites for hydroxylation is 1. The molecule has 0 saturated carbocycles. The molecule has 0 bridgehead atoms. The Morgan fingerprint density at radius 3 is 2.53 bits per heavy atom. The molecule has 0 spiro atoms. The van der Waals surface area contributed by atoms with Crippen LogP contribution in [-0.4, -0.2) is 27.5 Å². The summed E-state index contributed by atoms with van der Waals surface area (Å²) in [7, 11) is 0.903. The first-order valence-corrected chi connectivity index (χ1v) is 5.17. The smallest absolute Gasteiger partial charge is 0.423 e. The average Bonchev–Trinajstić information content (AvgIpc) is 2.50. The van der Waals surface area contributed by atoms with Crippen LogP contribution in [0.25, 0.3) is 0 Å². The minimum absolute atomic E-state index is 0.337. The number of nitrogens with zero attached hydrogens (tertiary/aromatic N) is 2. The van der Waals surface area contributed by atoms with Gasteiger partial charge in [0.25, 0.3) is 0 Å². The Morgan fingerprint density at radius 2 is 2.13 bits per heavy atom. The van der Waals surface area contributed by atoms with Crippen molar-refractivity contribution in [2.24, 2.45) is 13.0 Å². The van der Waals surface area contributed by atoms with Gasteiger partial charge in [-0.1, -0.05) is 13.8 Å². The van der Waals surface area contributed by atoms with Gasteiger partial charge in [0.2, 0.25) is 0 Å². The second-order valence-corrected chi connectivity index (χ2v) is 4.68. The Labute approximate surface area is 91.4 Å². The lowest BCUT2D eigenvalue weighted by atomic mass is 9.79. The molecule has 0 aromatic carbocycles. The zero-order valence-electron chi connectivity index (χ0n) is 10.1. The van der Waals surface area contributed by atoms with E-state index in [1.807, 2.05) is 20.9 Å². The summed E-state index contributed by atoms with van der Waals surface area (Å²) in [4.78, 5) is 0. The van der Waals surface area contributed by atoms with Crippen LogP contribution in [-0.2, 0) is 11.7 Å². The monoisotopic (exact) mass is 210 g/mol. The molecule has 1 rings (SSSR count). The maximum absolute atomic E-state index is 9.84. The van der Waals surface area contributed by atoms with Crippen molar-refractivity contribution in [1.82, 2.24) is 9.78 Å². The summed E-state index contributed by atoms with van der Waals surface area (Å²) in [6.45, 7) is 8.07. The number of hydrogen-bond acceptors (Lipinski definition) is 3. The van der Waals surface area contributed by atoms with Crippen LogP contribution >= 0.6 is 0 Å². The molecular weight excluding hydrogens is 191 g/mol. The molecule has 0 unspecified atom stereocenters. The Kier molecular flexibility index (Phi) is 3.57. The Hall–Kier alpha value is -0.805. The third kappa shape index (κ3) is 3.07. The fourth-order valence-electron chi connectivity index (χ4n) is 1.06. The molecule has 0 saturated heterocycles. The Morgan fingerprint density at radius 1 is 1.53 bits per heavy atom. The van der Waals surface area contributed by atoms with Gasteiger partial charge in [-0.3, -0.25) is 4.68 Å². The first kappa shape index (κ1) is 12.3. The van der Waals surface area contributed by atoms with E-state index in [0.29, 0.717) is 11.4 Å². The van der Waals surface area contributed by atoms with E-state index in [9.17, 15) is 5.02 Å². The van der Waals surface area contributed by atoms with Crippen molar-refractivity contribution in [2.45, 2.75) is 33.3 Å². The molecule has 0 aliphatic rings. The summed E-state index contributed by atoms with van der Waals surface area (Å²) in [5, 5.41) is 13.8. The summed E-state index contributed by atoms with van der Waals surface area (Å²) >= 11 is 0. The van der Waals surface area contributed by atoms with Crippen molar-refractivity contribution < 1.29 is 9.68 Å². The lowest BCUT2D eigenvalue weighted by Crippen LogP contribution is -2.44. The predicted octanol–water partition coefficient (Wildman–Crippen LogP) is 0.559. The van der Waals surface area contributed by atoms with Crippen LogP contribution in [0.4, 0.5) is 0 Å². The molecule has 0 aliphatic carbocycles. The summed E-state index contributed by atoms with van der Waals surface area (Å²) in [6, 6.07) is 0. The fraction of sp³-hybridized carbons (Fsp3) is 0.700. The Balaban J connectivity index is 2.67. The lowest BCUT2D eigenvalue weighted by Gasteiger charge is -2.31. The molecule has 1 aromatic rings. The van der Waals surface area contributed by atoms with Gasteiger partial charge < -0.3 is 9.68 Å². The molecule has 1 heterocycles. The van der Waals surface area contributed by atoms with E-state index in [1.165, 1.54) is 0 Å². The lowest BCUT2D eigenvalue weighted by molar-refractivity contribution is 0.0423. The van der Waals surface area contributed by atoms with Crippen LogP contribution in [0.1, 0.15) is 27.7 Å². The molecule has 0 amide bonds. The molecule has 0 radical (unpaired) electrons. The number of rotatable bonds is 4. The van der Waals surface area contributed by atoms with Crippen molar-refractivity contribution in [2.75, 3.05) is 0 Å². The summed E-state index contributed by atoms with van der Waals surface area (Å²) in [6.07, 6.45) is 3.36. The van der Waals surface area contributed by atoms with Crippen molar-refractivity contribution in [3.8, 4) is 0 Å². The van der Waals surface area contributed by atoms with Gasteiger partial charge in [0.05, 0.1) is 5.60 Å². The van der Waals surface area contributed by atoms with Crippen molar-refractivity contribution in [1.29, 1.82) is 0 Å². The van der Waals surface area contributed by atoms with Crippen molar-refractivity contribution in [3.63, 3.8) is 0 Å². The molecule has 84 valence electrons. The first-order chi connectivity index (χ1) is 6.83. The molecule has 15 heavy (non-hydrogen) atoms. The summed E-state index contributed by atoms with van der Waals surface area (Å²) < 4.78 is 7.24. The van der Waals surface area contributed by atoms with Gasteiger partial charge >= 0.3 is 7.12 Å². The van der Waals surface area contributed by atoms with Crippen molar-refractivity contribution >= 4 is 12.6 Å². The highest BCUT2D eigenvalue weighted by molar-refractivity contribution is 6.59. The van der Waals surface area contributed by atoms with Gasteiger partial charge in [-0.25, -0.2) is 0 Å². The third-order valence-electron chi connectivity index (χ3n) is 2.82.